The van der Waals surface area contributed by atoms with Gasteiger partial charge in [0.1, 0.15) is 23.6 Å². The minimum atomic E-state index is -0.962. The number of benzene rings is 1. The summed E-state index contributed by atoms with van der Waals surface area (Å²) in [6.45, 7) is 3.65. The number of anilines is 2. The van der Waals surface area contributed by atoms with Crippen LogP contribution in [0.25, 0.3) is 11.0 Å². The number of carbonyl (C=O) groups is 1. The van der Waals surface area contributed by atoms with Gasteiger partial charge in [-0.15, -0.1) is 0 Å². The first-order valence-electron chi connectivity index (χ1n) is 9.77. The maximum Gasteiger partial charge on any atom is 0.201 e. The largest absolute Gasteiger partial charge is 0.401 e. The van der Waals surface area contributed by atoms with Crippen LogP contribution >= 0.6 is 11.9 Å². The number of aliphatic imine (C=N–C) groups is 1. The summed E-state index contributed by atoms with van der Waals surface area (Å²) in [6, 6.07) is 2.33. The number of hydrogen-bond donors (Lipinski definition) is 4. The third-order valence-corrected chi connectivity index (χ3v) is 5.43. The maximum atomic E-state index is 15.1. The molecule has 0 radical (unpaired) electrons. The lowest BCUT2D eigenvalue weighted by atomic mass is 10.0. The van der Waals surface area contributed by atoms with Crippen LogP contribution in [0.15, 0.2) is 41.0 Å². The second-order valence-corrected chi connectivity index (χ2v) is 7.72. The van der Waals surface area contributed by atoms with Crippen molar-refractivity contribution in [3.63, 3.8) is 0 Å². The van der Waals surface area contributed by atoms with Crippen molar-refractivity contribution in [3.8, 4) is 0 Å². The summed E-state index contributed by atoms with van der Waals surface area (Å²) in [6.07, 6.45) is 5.02. The minimum Gasteiger partial charge on any atom is -0.401 e. The van der Waals surface area contributed by atoms with Crippen LogP contribution in [-0.2, 0) is 0 Å². The number of hydrogen-bond acceptors (Lipinski definition) is 8. The second-order valence-electron chi connectivity index (χ2n) is 6.82. The van der Waals surface area contributed by atoms with Gasteiger partial charge in [-0.3, -0.25) is 9.79 Å². The Hall–Kier alpha value is -3.47. The van der Waals surface area contributed by atoms with Gasteiger partial charge in [-0.1, -0.05) is 18.9 Å². The lowest BCUT2D eigenvalue weighted by Gasteiger charge is -2.12. The van der Waals surface area contributed by atoms with Gasteiger partial charge in [-0.25, -0.2) is 18.7 Å². The average Bonchev–Trinajstić information content (AvgIpc) is 3.20. The zero-order valence-corrected chi connectivity index (χ0v) is 18.6. The monoisotopic (exact) mass is 459 g/mol. The molecule has 0 aliphatic rings. The third-order valence-electron chi connectivity index (χ3n) is 4.46. The Bertz CT molecular complexity index is 1200. The average molecular weight is 460 g/mol. The van der Waals surface area contributed by atoms with Crippen molar-refractivity contribution in [2.45, 2.75) is 20.3 Å². The zero-order chi connectivity index (χ0) is 23.3. The zero-order valence-electron chi connectivity index (χ0n) is 17.8. The van der Waals surface area contributed by atoms with E-state index in [-0.39, 0.29) is 22.5 Å². The molecule has 0 fully saturated rings. The summed E-state index contributed by atoms with van der Waals surface area (Å²) in [5.41, 5.74) is 6.49. The first kappa shape index (κ1) is 23.2. The Morgan fingerprint density at radius 2 is 2.12 bits per heavy atom. The number of allylic oxidation sites excluding steroid dienone is 2. The molecule has 2 heterocycles. The number of nitrogens with one attached hydrogen (secondary N) is 3. The van der Waals surface area contributed by atoms with E-state index in [9.17, 15) is 9.18 Å². The third kappa shape index (κ3) is 4.72. The highest BCUT2D eigenvalue weighted by Gasteiger charge is 2.26. The van der Waals surface area contributed by atoms with Crippen molar-refractivity contribution in [1.82, 2.24) is 15.0 Å². The van der Waals surface area contributed by atoms with Crippen LogP contribution in [-0.4, -0.2) is 39.8 Å². The Balaban J connectivity index is 2.09. The van der Waals surface area contributed by atoms with E-state index < -0.39 is 23.0 Å². The Morgan fingerprint density at radius 3 is 2.81 bits per heavy atom. The number of carbonyl (C=O) groups excluding carboxylic acids is 1. The van der Waals surface area contributed by atoms with Crippen molar-refractivity contribution < 1.29 is 13.6 Å². The van der Waals surface area contributed by atoms with Crippen LogP contribution in [0.3, 0.4) is 0 Å². The molecule has 2 aromatic heterocycles. The second kappa shape index (κ2) is 10.2. The van der Waals surface area contributed by atoms with E-state index in [2.05, 4.69) is 30.0 Å². The molecule has 32 heavy (non-hydrogen) atoms. The molecule has 0 aliphatic heterocycles. The molecule has 8 nitrogen and oxygen atoms in total. The lowest BCUT2D eigenvalue weighted by molar-refractivity contribution is 0.103. The lowest BCUT2D eigenvalue weighted by Crippen LogP contribution is -2.12. The number of ketones is 1. The standard InChI is InChI=1S/C21H23F2N7OS/c1-4-7-32-30-14-6-5-13(22)17(18(14)23)19(31)12-8-26-20-16(12)21(28-10-27-20)29-15(9-25-3)11(2)24/h5-6,8-10,30H,4,7,24H2,1-3H3,(H2,26,27,28,29). The van der Waals surface area contributed by atoms with Gasteiger partial charge in [0.2, 0.25) is 5.78 Å². The minimum absolute atomic E-state index is 0.0155. The highest BCUT2D eigenvalue weighted by atomic mass is 32.2. The fourth-order valence-electron chi connectivity index (χ4n) is 2.93. The van der Waals surface area contributed by atoms with Crippen LogP contribution in [0.5, 0.6) is 0 Å². The van der Waals surface area contributed by atoms with E-state index >= 15 is 4.39 Å². The Kier molecular flexibility index (Phi) is 7.41. The molecule has 0 atom stereocenters. The number of aromatic nitrogens is 3. The van der Waals surface area contributed by atoms with E-state index in [1.807, 2.05) is 6.92 Å². The van der Waals surface area contributed by atoms with E-state index in [1.54, 1.807) is 14.0 Å². The summed E-state index contributed by atoms with van der Waals surface area (Å²) in [5.74, 6) is -1.79. The van der Waals surface area contributed by atoms with Crippen molar-refractivity contribution >= 4 is 46.5 Å². The van der Waals surface area contributed by atoms with Gasteiger partial charge in [0, 0.05) is 30.9 Å². The normalized spacial score (nSPS) is 12.3. The fraction of sp³-hybridized carbons (Fsp3) is 0.238. The Morgan fingerprint density at radius 1 is 1.34 bits per heavy atom. The molecule has 0 saturated carbocycles. The highest BCUT2D eigenvalue weighted by Crippen LogP contribution is 2.30. The number of fused-ring (bicyclic) bond motifs is 1. The summed E-state index contributed by atoms with van der Waals surface area (Å²) >= 11 is 1.27. The van der Waals surface area contributed by atoms with Gasteiger partial charge in [0.15, 0.2) is 5.82 Å². The van der Waals surface area contributed by atoms with Crippen LogP contribution in [0, 0.1) is 11.6 Å². The molecular formula is C21H23F2N7OS. The van der Waals surface area contributed by atoms with E-state index in [0.29, 0.717) is 17.0 Å². The van der Waals surface area contributed by atoms with Gasteiger partial charge >= 0.3 is 0 Å². The smallest absolute Gasteiger partial charge is 0.201 e. The fourth-order valence-corrected chi connectivity index (χ4v) is 3.55. The molecule has 168 valence electrons. The number of aromatic amines is 1. The van der Waals surface area contributed by atoms with Crippen molar-refractivity contribution in [2.24, 2.45) is 10.7 Å². The van der Waals surface area contributed by atoms with Gasteiger partial charge in [-0.2, -0.15) is 0 Å². The molecule has 0 unspecified atom stereocenters. The highest BCUT2D eigenvalue weighted by molar-refractivity contribution is 8.00. The van der Waals surface area contributed by atoms with E-state index in [0.717, 1.165) is 18.2 Å². The summed E-state index contributed by atoms with van der Waals surface area (Å²) in [7, 11) is 1.58. The topological polar surface area (TPSA) is 121 Å². The molecule has 0 spiro atoms. The predicted octanol–water partition coefficient (Wildman–Crippen LogP) is 4.24. The van der Waals surface area contributed by atoms with Gasteiger partial charge in [-0.05, 0) is 25.5 Å². The van der Waals surface area contributed by atoms with Crippen molar-refractivity contribution in [2.75, 3.05) is 22.8 Å². The summed E-state index contributed by atoms with van der Waals surface area (Å²) < 4.78 is 32.5. The first-order valence-corrected chi connectivity index (χ1v) is 10.8. The van der Waals surface area contributed by atoms with Gasteiger partial charge < -0.3 is 20.8 Å². The number of nitrogens with two attached hydrogens (primary N) is 1. The van der Waals surface area contributed by atoms with Crippen molar-refractivity contribution in [3.05, 3.63) is 58.8 Å². The SMILES string of the molecule is CCCSNc1ccc(F)c(C(=O)c2c[nH]c3ncnc(NC(C=NC)=C(C)N)c23)c1F. The van der Waals surface area contributed by atoms with Crippen LogP contribution in [0.1, 0.15) is 36.2 Å². The molecular weight excluding hydrogens is 436 g/mol. The number of halogens is 2. The van der Waals surface area contributed by atoms with Gasteiger partial charge in [0.25, 0.3) is 0 Å². The first-order chi connectivity index (χ1) is 15.4. The van der Waals surface area contributed by atoms with E-state index in [1.165, 1.54) is 36.8 Å². The van der Waals surface area contributed by atoms with Crippen LogP contribution < -0.4 is 15.8 Å². The molecule has 3 aromatic rings. The Labute approximate surface area is 187 Å². The van der Waals surface area contributed by atoms with E-state index in [4.69, 9.17) is 5.73 Å². The molecule has 0 amide bonds. The molecule has 3 rings (SSSR count). The summed E-state index contributed by atoms with van der Waals surface area (Å²) in [4.78, 5) is 28.3. The molecule has 0 bridgehead atoms. The molecule has 0 saturated heterocycles. The maximum absolute atomic E-state index is 15.1. The molecule has 1 aromatic carbocycles. The van der Waals surface area contributed by atoms with Crippen molar-refractivity contribution in [1.29, 1.82) is 0 Å². The number of nitrogens with zero attached hydrogens (tertiary/aromatic N) is 3. The molecule has 0 aliphatic carbocycles. The van der Waals surface area contributed by atoms with Crippen LogP contribution in [0.4, 0.5) is 20.3 Å². The quantitative estimate of drug-likeness (QED) is 0.163. The number of H-pyrrole nitrogens is 1. The number of rotatable bonds is 9. The predicted molar refractivity (Wildman–Crippen MR) is 125 cm³/mol. The summed E-state index contributed by atoms with van der Waals surface area (Å²) in [5, 5.41) is 3.29. The molecule has 5 N–H and O–H groups in total. The van der Waals surface area contributed by atoms with Crippen LogP contribution in [0.2, 0.25) is 0 Å². The van der Waals surface area contributed by atoms with Gasteiger partial charge in [0.05, 0.1) is 27.9 Å². The molecule has 11 heteroatoms.